The molecular weight excluding hydrogens is 628 g/mol. The average molecular weight is 677 g/mol. The lowest BCUT2D eigenvalue weighted by molar-refractivity contribution is -0.137. The lowest BCUT2D eigenvalue weighted by atomic mass is 9.98. The SMILES string of the molecule is COc1cc(C(=O)C(=O)N2[C@H](Cc3ccccc3)CC[C@H]2C(=O)NC(CCCc2ccccc2)CCCc2ccccc2)cc(OC)c1OC. The van der Waals surface area contributed by atoms with Crippen LogP contribution >= 0.6 is 0 Å². The molecule has 1 N–H and O–H groups in total. The van der Waals surface area contributed by atoms with E-state index < -0.39 is 17.7 Å². The zero-order valence-corrected chi connectivity index (χ0v) is 29.3. The third-order valence-electron chi connectivity index (χ3n) is 9.54. The molecule has 0 aromatic heterocycles. The topological polar surface area (TPSA) is 94.2 Å². The lowest BCUT2D eigenvalue weighted by Crippen LogP contribution is -2.53. The van der Waals surface area contributed by atoms with Gasteiger partial charge in [0.05, 0.1) is 21.3 Å². The van der Waals surface area contributed by atoms with Crippen LogP contribution in [0, 0.1) is 0 Å². The van der Waals surface area contributed by atoms with Crippen molar-refractivity contribution < 1.29 is 28.6 Å². The number of hydrogen-bond donors (Lipinski definition) is 1. The average Bonchev–Trinajstić information content (AvgIpc) is 3.58. The second-order valence-electron chi connectivity index (χ2n) is 12.9. The Morgan fingerprint density at radius 3 is 1.68 bits per heavy atom. The van der Waals surface area contributed by atoms with Gasteiger partial charge < -0.3 is 24.4 Å². The Morgan fingerprint density at radius 1 is 0.700 bits per heavy atom. The molecule has 50 heavy (non-hydrogen) atoms. The van der Waals surface area contributed by atoms with E-state index in [1.165, 1.54) is 49.5 Å². The highest BCUT2D eigenvalue weighted by Crippen LogP contribution is 2.39. The van der Waals surface area contributed by atoms with Crippen molar-refractivity contribution in [2.75, 3.05) is 21.3 Å². The first-order valence-corrected chi connectivity index (χ1v) is 17.5. The molecule has 1 heterocycles. The third kappa shape index (κ3) is 9.31. The van der Waals surface area contributed by atoms with Crippen molar-refractivity contribution in [2.45, 2.75) is 75.9 Å². The number of ketones is 1. The van der Waals surface area contributed by atoms with Crippen LogP contribution in [0.25, 0.3) is 0 Å². The Balaban J connectivity index is 1.36. The number of rotatable bonds is 17. The van der Waals surface area contributed by atoms with E-state index in [4.69, 9.17) is 14.2 Å². The van der Waals surface area contributed by atoms with Gasteiger partial charge in [-0.3, -0.25) is 14.4 Å². The molecule has 1 fully saturated rings. The van der Waals surface area contributed by atoms with E-state index >= 15 is 0 Å². The number of nitrogens with one attached hydrogen (secondary N) is 1. The van der Waals surface area contributed by atoms with Gasteiger partial charge in [-0.2, -0.15) is 0 Å². The van der Waals surface area contributed by atoms with Gasteiger partial charge in [-0.25, -0.2) is 0 Å². The minimum atomic E-state index is -0.770. The number of benzene rings is 4. The molecule has 1 saturated heterocycles. The number of carbonyl (C=O) groups excluding carboxylic acids is 3. The van der Waals surface area contributed by atoms with Gasteiger partial charge in [-0.05, 0) is 86.6 Å². The second kappa shape index (κ2) is 18.0. The second-order valence-corrected chi connectivity index (χ2v) is 12.9. The minimum absolute atomic E-state index is 0.0640. The molecule has 0 bridgehead atoms. The van der Waals surface area contributed by atoms with Gasteiger partial charge in [0.2, 0.25) is 11.7 Å². The Hall–Kier alpha value is -5.11. The lowest BCUT2D eigenvalue weighted by Gasteiger charge is -2.31. The predicted octanol–water partition coefficient (Wildman–Crippen LogP) is 7.03. The molecule has 0 radical (unpaired) electrons. The van der Waals surface area contributed by atoms with Crippen LogP contribution in [0.5, 0.6) is 17.2 Å². The molecule has 0 unspecified atom stereocenters. The number of hydrogen-bond acceptors (Lipinski definition) is 6. The maximum Gasteiger partial charge on any atom is 0.295 e. The maximum atomic E-state index is 14.2. The first-order chi connectivity index (χ1) is 24.4. The highest BCUT2D eigenvalue weighted by atomic mass is 16.5. The zero-order chi connectivity index (χ0) is 35.3. The number of ether oxygens (including phenoxy) is 3. The molecule has 5 rings (SSSR count). The van der Waals surface area contributed by atoms with Crippen LogP contribution in [0.2, 0.25) is 0 Å². The first kappa shape index (κ1) is 36.2. The molecule has 1 aliphatic rings. The van der Waals surface area contributed by atoms with Gasteiger partial charge in [-0.1, -0.05) is 91.0 Å². The summed E-state index contributed by atoms with van der Waals surface area (Å²) in [6, 6.07) is 32.4. The van der Waals surface area contributed by atoms with Crippen LogP contribution in [0.4, 0.5) is 0 Å². The number of Topliss-reactive ketones (excluding diaryl/α,β-unsaturated/α-hetero) is 1. The molecule has 1 aliphatic heterocycles. The van der Waals surface area contributed by atoms with Gasteiger partial charge in [0.25, 0.3) is 11.7 Å². The van der Waals surface area contributed by atoms with Gasteiger partial charge >= 0.3 is 0 Å². The third-order valence-corrected chi connectivity index (χ3v) is 9.54. The molecule has 4 aromatic carbocycles. The van der Waals surface area contributed by atoms with Crippen molar-refractivity contribution in [2.24, 2.45) is 0 Å². The molecule has 8 nitrogen and oxygen atoms in total. The van der Waals surface area contributed by atoms with Crippen molar-refractivity contribution in [1.29, 1.82) is 0 Å². The molecular formula is C42H48N2O6. The van der Waals surface area contributed by atoms with Crippen molar-refractivity contribution in [3.05, 3.63) is 125 Å². The van der Waals surface area contributed by atoms with E-state index in [-0.39, 0.29) is 35.1 Å². The quantitative estimate of drug-likeness (QED) is 0.0954. The summed E-state index contributed by atoms with van der Waals surface area (Å²) in [6.45, 7) is 0. The molecule has 0 aliphatic carbocycles. The van der Waals surface area contributed by atoms with Gasteiger partial charge in [0, 0.05) is 17.6 Å². The normalized spacial score (nSPS) is 15.5. The highest BCUT2D eigenvalue weighted by molar-refractivity contribution is 6.43. The van der Waals surface area contributed by atoms with Crippen LogP contribution in [-0.4, -0.2) is 62.0 Å². The summed E-state index contributed by atoms with van der Waals surface area (Å²) in [5.41, 5.74) is 3.68. The first-order valence-electron chi connectivity index (χ1n) is 17.5. The standard InChI is InChI=1S/C42H48N2O6/c1-48-37-28-33(29-38(49-2)40(37)50-3)39(45)42(47)44-35(27-32-19-11-6-12-20-32)25-26-36(44)41(46)43-34(23-13-21-30-15-7-4-8-16-30)24-14-22-31-17-9-5-10-18-31/h4-12,15-20,28-29,34-36H,13-14,21-27H2,1-3H3,(H,43,46)/t35-,36-/m0/s1. The van der Waals surface area contributed by atoms with Crippen LogP contribution < -0.4 is 19.5 Å². The fourth-order valence-corrected chi connectivity index (χ4v) is 6.97. The van der Waals surface area contributed by atoms with Gasteiger partial charge in [0.1, 0.15) is 6.04 Å². The van der Waals surface area contributed by atoms with E-state index in [0.29, 0.717) is 25.0 Å². The summed E-state index contributed by atoms with van der Waals surface area (Å²) in [4.78, 5) is 43.9. The molecule has 0 saturated carbocycles. The highest BCUT2D eigenvalue weighted by Gasteiger charge is 2.43. The van der Waals surface area contributed by atoms with Crippen LogP contribution in [-0.2, 0) is 28.9 Å². The predicted molar refractivity (Wildman–Crippen MR) is 195 cm³/mol. The Bertz CT molecular complexity index is 1630. The van der Waals surface area contributed by atoms with Crippen molar-refractivity contribution in [3.8, 4) is 17.2 Å². The van der Waals surface area contributed by atoms with Crippen LogP contribution in [0.15, 0.2) is 103 Å². The summed E-state index contributed by atoms with van der Waals surface area (Å²) in [6.07, 6.45) is 6.92. The monoisotopic (exact) mass is 676 g/mol. The smallest absolute Gasteiger partial charge is 0.295 e. The summed E-state index contributed by atoms with van der Waals surface area (Å²) in [5.74, 6) is -0.797. The number of likely N-dealkylation sites (tertiary alicyclic amines) is 1. The fraction of sp³-hybridized carbons (Fsp3) is 0.357. The Labute approximate surface area is 295 Å². The maximum absolute atomic E-state index is 14.2. The molecule has 262 valence electrons. The Kier molecular flexibility index (Phi) is 13.1. The fourth-order valence-electron chi connectivity index (χ4n) is 6.97. The van der Waals surface area contributed by atoms with Crippen molar-refractivity contribution in [1.82, 2.24) is 10.2 Å². The summed E-state index contributed by atoms with van der Waals surface area (Å²) < 4.78 is 16.3. The summed E-state index contributed by atoms with van der Waals surface area (Å²) in [5, 5.41) is 3.33. The van der Waals surface area contributed by atoms with E-state index in [2.05, 4.69) is 29.6 Å². The van der Waals surface area contributed by atoms with E-state index in [1.54, 1.807) is 0 Å². The number of carbonyl (C=O) groups is 3. The van der Waals surface area contributed by atoms with E-state index in [9.17, 15) is 14.4 Å². The van der Waals surface area contributed by atoms with Crippen LogP contribution in [0.3, 0.4) is 0 Å². The molecule has 2 amide bonds. The van der Waals surface area contributed by atoms with Crippen LogP contribution in [0.1, 0.15) is 65.6 Å². The van der Waals surface area contributed by atoms with E-state index in [1.807, 2.05) is 66.7 Å². The molecule has 0 spiro atoms. The Morgan fingerprint density at radius 2 is 1.20 bits per heavy atom. The number of methoxy groups -OCH3 is 3. The summed E-state index contributed by atoms with van der Waals surface area (Å²) >= 11 is 0. The largest absolute Gasteiger partial charge is 0.493 e. The number of aryl methyl sites for hydroxylation is 2. The molecule has 2 atom stereocenters. The van der Waals surface area contributed by atoms with E-state index in [0.717, 1.165) is 44.1 Å². The van der Waals surface area contributed by atoms with Crippen molar-refractivity contribution >= 4 is 17.6 Å². The van der Waals surface area contributed by atoms with Gasteiger partial charge in [0.15, 0.2) is 11.5 Å². The molecule has 4 aromatic rings. The number of nitrogens with zero attached hydrogens (tertiary/aromatic N) is 1. The van der Waals surface area contributed by atoms with Gasteiger partial charge in [-0.15, -0.1) is 0 Å². The number of amides is 2. The minimum Gasteiger partial charge on any atom is -0.493 e. The molecule has 8 heteroatoms. The summed E-state index contributed by atoms with van der Waals surface area (Å²) in [7, 11) is 4.39. The van der Waals surface area contributed by atoms with Crippen molar-refractivity contribution in [3.63, 3.8) is 0 Å². The zero-order valence-electron chi connectivity index (χ0n) is 29.3.